The lowest BCUT2D eigenvalue weighted by atomic mass is 10.2. The van der Waals surface area contributed by atoms with Crippen molar-refractivity contribution in [1.82, 2.24) is 25.3 Å². The Balaban J connectivity index is 1.65. The highest BCUT2D eigenvalue weighted by Crippen LogP contribution is 1.95. The molecule has 0 saturated carbocycles. The highest BCUT2D eigenvalue weighted by Gasteiger charge is 2.07. The molecule has 0 atom stereocenters. The van der Waals surface area contributed by atoms with E-state index in [-0.39, 0.29) is 5.69 Å². The molecule has 0 fully saturated rings. The van der Waals surface area contributed by atoms with Crippen LogP contribution in [-0.2, 0) is 13.0 Å². The first-order valence-electron chi connectivity index (χ1n) is 5.99. The van der Waals surface area contributed by atoms with Gasteiger partial charge < -0.3 is 10.4 Å². The first kappa shape index (κ1) is 13.2. The van der Waals surface area contributed by atoms with Gasteiger partial charge in [-0.2, -0.15) is 0 Å². The summed E-state index contributed by atoms with van der Waals surface area (Å²) in [5, 5.41) is 19.2. The first-order chi connectivity index (χ1) is 9.25. The molecule has 7 heteroatoms. The fourth-order valence-corrected chi connectivity index (χ4v) is 1.60. The van der Waals surface area contributed by atoms with Gasteiger partial charge in [0.25, 0.3) is 0 Å². The fraction of sp³-hybridized carbons (Fsp3) is 0.333. The molecule has 2 aromatic heterocycles. The number of aromatic nitrogens is 4. The van der Waals surface area contributed by atoms with Gasteiger partial charge in [-0.3, -0.25) is 9.67 Å². The Kier molecular flexibility index (Phi) is 4.57. The van der Waals surface area contributed by atoms with Crippen molar-refractivity contribution in [3.8, 4) is 0 Å². The van der Waals surface area contributed by atoms with Gasteiger partial charge >= 0.3 is 5.97 Å². The summed E-state index contributed by atoms with van der Waals surface area (Å²) in [6.45, 7) is 2.14. The number of aromatic carboxylic acids is 1. The summed E-state index contributed by atoms with van der Waals surface area (Å²) in [5.74, 6) is -1.06. The Morgan fingerprint density at radius 3 is 3.00 bits per heavy atom. The molecule has 7 nitrogen and oxygen atoms in total. The van der Waals surface area contributed by atoms with E-state index in [0.29, 0.717) is 13.1 Å². The van der Waals surface area contributed by atoms with Crippen molar-refractivity contribution in [2.24, 2.45) is 0 Å². The van der Waals surface area contributed by atoms with Crippen LogP contribution in [0.15, 0.2) is 30.7 Å². The van der Waals surface area contributed by atoms with E-state index in [1.165, 1.54) is 16.4 Å². The Morgan fingerprint density at radius 1 is 1.42 bits per heavy atom. The van der Waals surface area contributed by atoms with Gasteiger partial charge in [-0.05, 0) is 24.6 Å². The Labute approximate surface area is 110 Å². The molecule has 100 valence electrons. The number of carboxylic acid groups (broad SMARTS) is 1. The maximum atomic E-state index is 10.6. The third-order valence-electron chi connectivity index (χ3n) is 2.59. The van der Waals surface area contributed by atoms with E-state index < -0.39 is 5.97 Å². The molecule has 0 aliphatic rings. The minimum absolute atomic E-state index is 0.0321. The molecular weight excluding hydrogens is 246 g/mol. The fourth-order valence-electron chi connectivity index (χ4n) is 1.60. The van der Waals surface area contributed by atoms with Crippen LogP contribution < -0.4 is 5.32 Å². The van der Waals surface area contributed by atoms with Gasteiger partial charge in [0.05, 0.1) is 12.7 Å². The van der Waals surface area contributed by atoms with E-state index in [0.717, 1.165) is 13.0 Å². The number of nitrogens with one attached hydrogen (secondary N) is 1. The zero-order valence-corrected chi connectivity index (χ0v) is 10.4. The van der Waals surface area contributed by atoms with Gasteiger partial charge in [-0.15, -0.1) is 5.10 Å². The maximum Gasteiger partial charge on any atom is 0.358 e. The minimum atomic E-state index is -1.06. The normalized spacial score (nSPS) is 10.5. The van der Waals surface area contributed by atoms with Gasteiger partial charge in [-0.25, -0.2) is 4.79 Å². The monoisotopic (exact) mass is 261 g/mol. The largest absolute Gasteiger partial charge is 0.476 e. The van der Waals surface area contributed by atoms with Gasteiger partial charge in [0.1, 0.15) is 0 Å². The summed E-state index contributed by atoms with van der Waals surface area (Å²) in [4.78, 5) is 14.7. The lowest BCUT2D eigenvalue weighted by Crippen LogP contribution is -2.22. The highest BCUT2D eigenvalue weighted by atomic mass is 16.4. The molecule has 0 radical (unpaired) electrons. The quantitative estimate of drug-likeness (QED) is 0.692. The molecule has 0 bridgehead atoms. The Hall–Kier alpha value is -2.28. The van der Waals surface area contributed by atoms with E-state index in [9.17, 15) is 4.79 Å². The van der Waals surface area contributed by atoms with E-state index in [1.807, 2.05) is 18.3 Å². The van der Waals surface area contributed by atoms with Crippen LogP contribution in [0.3, 0.4) is 0 Å². The van der Waals surface area contributed by atoms with Crippen molar-refractivity contribution in [2.45, 2.75) is 13.0 Å². The van der Waals surface area contributed by atoms with Crippen LogP contribution in [0.2, 0.25) is 0 Å². The van der Waals surface area contributed by atoms with Crippen LogP contribution in [0, 0.1) is 0 Å². The van der Waals surface area contributed by atoms with Crippen LogP contribution >= 0.6 is 0 Å². The van der Waals surface area contributed by atoms with E-state index in [4.69, 9.17) is 5.11 Å². The summed E-state index contributed by atoms with van der Waals surface area (Å²) in [7, 11) is 0. The van der Waals surface area contributed by atoms with Crippen molar-refractivity contribution < 1.29 is 9.90 Å². The topological polar surface area (TPSA) is 92.9 Å². The van der Waals surface area contributed by atoms with Crippen molar-refractivity contribution in [2.75, 3.05) is 13.1 Å². The summed E-state index contributed by atoms with van der Waals surface area (Å²) < 4.78 is 1.51. The lowest BCUT2D eigenvalue weighted by Gasteiger charge is -2.04. The average molecular weight is 261 g/mol. The van der Waals surface area contributed by atoms with Crippen molar-refractivity contribution in [1.29, 1.82) is 0 Å². The zero-order valence-electron chi connectivity index (χ0n) is 10.4. The number of pyridine rings is 1. The standard InChI is InChI=1S/C12H15N5O2/c18-12(19)11-9-17(16-15-11)7-6-13-5-3-10-2-1-4-14-8-10/h1-2,4,8-9,13H,3,5-7H2,(H,18,19). The minimum Gasteiger partial charge on any atom is -0.476 e. The summed E-state index contributed by atoms with van der Waals surface area (Å²) in [5.41, 5.74) is 1.15. The van der Waals surface area contributed by atoms with E-state index >= 15 is 0 Å². The second-order valence-electron chi connectivity index (χ2n) is 4.03. The SMILES string of the molecule is O=C(O)c1cn(CCNCCc2cccnc2)nn1. The van der Waals surface area contributed by atoms with Gasteiger partial charge in [0.15, 0.2) is 5.69 Å². The highest BCUT2D eigenvalue weighted by molar-refractivity contribution is 5.84. The van der Waals surface area contributed by atoms with E-state index in [2.05, 4.69) is 20.6 Å². The predicted octanol–water partition coefficient (Wildman–Crippen LogP) is 0.204. The molecule has 0 aliphatic heterocycles. The smallest absolute Gasteiger partial charge is 0.358 e. The van der Waals surface area contributed by atoms with Crippen molar-refractivity contribution in [3.63, 3.8) is 0 Å². The molecule has 0 unspecified atom stereocenters. The van der Waals surface area contributed by atoms with Crippen LogP contribution in [0.1, 0.15) is 16.1 Å². The molecule has 19 heavy (non-hydrogen) atoms. The second-order valence-corrected chi connectivity index (χ2v) is 4.03. The Bertz CT molecular complexity index is 526. The molecule has 0 amide bonds. The number of carboxylic acids is 1. The molecular formula is C12H15N5O2. The molecule has 2 N–H and O–H groups in total. The average Bonchev–Trinajstić information content (AvgIpc) is 2.89. The van der Waals surface area contributed by atoms with Gasteiger partial charge in [-0.1, -0.05) is 11.3 Å². The van der Waals surface area contributed by atoms with E-state index in [1.54, 1.807) is 6.20 Å². The first-order valence-corrected chi connectivity index (χ1v) is 5.99. The molecule has 2 heterocycles. The number of rotatable bonds is 7. The van der Waals surface area contributed by atoms with Crippen LogP contribution in [0.4, 0.5) is 0 Å². The number of nitrogens with zero attached hydrogens (tertiary/aromatic N) is 4. The molecule has 0 aromatic carbocycles. The van der Waals surface area contributed by atoms with Gasteiger partial charge in [0.2, 0.25) is 0 Å². The summed E-state index contributed by atoms with van der Waals surface area (Å²) in [6.07, 6.45) is 5.93. The van der Waals surface area contributed by atoms with Crippen LogP contribution in [0.5, 0.6) is 0 Å². The van der Waals surface area contributed by atoms with Crippen LogP contribution in [-0.4, -0.2) is 44.1 Å². The number of hydrogen-bond acceptors (Lipinski definition) is 5. The van der Waals surface area contributed by atoms with Crippen molar-refractivity contribution >= 4 is 5.97 Å². The second kappa shape index (κ2) is 6.60. The zero-order chi connectivity index (χ0) is 13.5. The maximum absolute atomic E-state index is 10.6. The van der Waals surface area contributed by atoms with Gasteiger partial charge in [0, 0.05) is 18.9 Å². The third-order valence-corrected chi connectivity index (χ3v) is 2.59. The van der Waals surface area contributed by atoms with Crippen LogP contribution in [0.25, 0.3) is 0 Å². The summed E-state index contributed by atoms with van der Waals surface area (Å²) >= 11 is 0. The summed E-state index contributed by atoms with van der Waals surface area (Å²) in [6, 6.07) is 3.95. The third kappa shape index (κ3) is 4.14. The number of hydrogen-bond donors (Lipinski definition) is 2. The van der Waals surface area contributed by atoms with Crippen molar-refractivity contribution in [3.05, 3.63) is 42.0 Å². The molecule has 2 aromatic rings. The lowest BCUT2D eigenvalue weighted by molar-refractivity contribution is 0.0690. The Morgan fingerprint density at radius 2 is 2.32 bits per heavy atom. The molecule has 0 aliphatic carbocycles. The molecule has 0 spiro atoms. The molecule has 2 rings (SSSR count). The molecule has 0 saturated heterocycles. The number of carbonyl (C=O) groups is 1. The predicted molar refractivity (Wildman–Crippen MR) is 67.8 cm³/mol.